The van der Waals surface area contributed by atoms with Crippen molar-refractivity contribution in [3.63, 3.8) is 0 Å². The minimum absolute atomic E-state index is 0.0110. The van der Waals surface area contributed by atoms with Crippen LogP contribution in [0.4, 0.5) is 0 Å². The van der Waals surface area contributed by atoms with Gasteiger partial charge in [-0.1, -0.05) is 57.8 Å². The summed E-state index contributed by atoms with van der Waals surface area (Å²) in [5, 5.41) is 37.8. The SMILES string of the molecule is N#CC(C#N)=Cc1ccc(C2=Cc3sc4c(c3C23CCCCC3)C2(CCCCC2)c2c-4sc3c2C2(CCCCC2)C(c2ccc(C=C(C#N)C#N)s2)=C3)s1. The summed E-state index contributed by atoms with van der Waals surface area (Å²) in [6, 6.07) is 16.9. The van der Waals surface area contributed by atoms with Gasteiger partial charge in [0, 0.05) is 55.3 Å². The molecule has 4 aromatic heterocycles. The molecular weight excluding hydrogens is 737 g/mol. The maximum atomic E-state index is 9.45. The van der Waals surface area contributed by atoms with Crippen LogP contribution in [0.1, 0.15) is 148 Å². The van der Waals surface area contributed by atoms with Crippen molar-refractivity contribution in [1.29, 1.82) is 21.0 Å². The van der Waals surface area contributed by atoms with E-state index in [1.807, 2.05) is 24.3 Å². The summed E-state index contributed by atoms with van der Waals surface area (Å²) in [4.78, 5) is 10.6. The van der Waals surface area contributed by atoms with Gasteiger partial charge in [-0.3, -0.25) is 0 Å². The quantitative estimate of drug-likeness (QED) is 0.193. The molecule has 0 radical (unpaired) electrons. The molecule has 0 N–H and O–H groups in total. The van der Waals surface area contributed by atoms with Gasteiger partial charge in [0.1, 0.15) is 35.4 Å². The number of hydrogen-bond acceptors (Lipinski definition) is 8. The first kappa shape index (κ1) is 34.2. The molecule has 8 heteroatoms. The van der Waals surface area contributed by atoms with Gasteiger partial charge in [-0.25, -0.2) is 0 Å². The molecule has 0 aromatic carbocycles. The van der Waals surface area contributed by atoms with E-state index in [0.717, 1.165) is 9.75 Å². The molecule has 4 heterocycles. The zero-order valence-corrected chi connectivity index (χ0v) is 33.4. The van der Waals surface area contributed by atoms with E-state index in [9.17, 15) is 21.0 Å². The van der Waals surface area contributed by atoms with Gasteiger partial charge in [0.25, 0.3) is 0 Å². The largest absolute Gasteiger partial charge is 0.192 e. The second-order valence-electron chi connectivity index (χ2n) is 16.1. The van der Waals surface area contributed by atoms with Crippen molar-refractivity contribution >= 4 is 80.8 Å². The van der Waals surface area contributed by atoms with Crippen LogP contribution in [0.5, 0.6) is 0 Å². The molecule has 0 atom stereocenters. The van der Waals surface area contributed by atoms with Crippen molar-refractivity contribution in [2.24, 2.45) is 0 Å². The van der Waals surface area contributed by atoms with Gasteiger partial charge < -0.3 is 0 Å². The van der Waals surface area contributed by atoms with Crippen molar-refractivity contribution in [2.75, 3.05) is 0 Å². The van der Waals surface area contributed by atoms with Gasteiger partial charge >= 0.3 is 0 Å². The van der Waals surface area contributed by atoms with Crippen LogP contribution in [-0.4, -0.2) is 0 Å². The van der Waals surface area contributed by atoms with Crippen molar-refractivity contribution in [1.82, 2.24) is 0 Å². The lowest BCUT2D eigenvalue weighted by Gasteiger charge is -2.44. The van der Waals surface area contributed by atoms with E-state index in [1.54, 1.807) is 66.8 Å². The first-order valence-corrected chi connectivity index (χ1v) is 22.8. The fraction of sp³-hybridized carbons (Fsp3) is 0.391. The normalized spacial score (nSPS) is 20.4. The van der Waals surface area contributed by atoms with E-state index in [-0.39, 0.29) is 27.4 Å². The molecule has 0 amide bonds. The molecule has 4 aromatic rings. The summed E-state index contributed by atoms with van der Waals surface area (Å²) in [6.07, 6.45) is 27.2. The Balaban J connectivity index is 1.14. The summed E-state index contributed by atoms with van der Waals surface area (Å²) >= 11 is 7.62. The second-order valence-corrected chi connectivity index (χ2v) is 20.4. The van der Waals surface area contributed by atoms with E-state index in [4.69, 9.17) is 0 Å². The Kier molecular flexibility index (Phi) is 8.18. The summed E-state index contributed by atoms with van der Waals surface area (Å²) in [5.74, 6) is 0. The zero-order valence-electron chi connectivity index (χ0n) is 30.1. The van der Waals surface area contributed by atoms with Gasteiger partial charge in [-0.05, 0) is 120 Å². The molecule has 3 saturated carbocycles. The minimum Gasteiger partial charge on any atom is -0.192 e. The Labute approximate surface area is 333 Å². The number of allylic oxidation sites excluding steroid dienone is 4. The van der Waals surface area contributed by atoms with Gasteiger partial charge in [-0.15, -0.1) is 45.3 Å². The summed E-state index contributed by atoms with van der Waals surface area (Å²) < 4.78 is 0. The van der Waals surface area contributed by atoms with E-state index in [0.29, 0.717) is 0 Å². The highest BCUT2D eigenvalue weighted by atomic mass is 32.1. The topological polar surface area (TPSA) is 95.2 Å². The molecule has 3 fully saturated rings. The van der Waals surface area contributed by atoms with E-state index in [2.05, 4.69) is 59.1 Å². The van der Waals surface area contributed by atoms with E-state index in [1.165, 1.54) is 127 Å². The molecule has 3 spiro atoms. The van der Waals surface area contributed by atoms with Crippen molar-refractivity contribution < 1.29 is 0 Å². The van der Waals surface area contributed by atoms with Crippen LogP contribution >= 0.6 is 45.3 Å². The molecule has 6 aliphatic rings. The third-order valence-corrected chi connectivity index (χ3v) is 18.1. The Bertz CT molecular complexity index is 2340. The smallest absolute Gasteiger partial charge is 0.131 e. The summed E-state index contributed by atoms with van der Waals surface area (Å²) in [5.41, 5.74) is 10.1. The lowest BCUT2D eigenvalue weighted by Crippen LogP contribution is -2.37. The molecule has 266 valence electrons. The van der Waals surface area contributed by atoms with Crippen LogP contribution in [0.15, 0.2) is 35.4 Å². The first-order valence-electron chi connectivity index (χ1n) is 19.5. The molecule has 54 heavy (non-hydrogen) atoms. The highest BCUT2D eigenvalue weighted by Crippen LogP contribution is 2.72. The van der Waals surface area contributed by atoms with Crippen LogP contribution in [0.2, 0.25) is 0 Å². The average Bonchev–Trinajstić information content (AvgIpc) is 4.07. The summed E-state index contributed by atoms with van der Waals surface area (Å²) in [6.45, 7) is 0. The fourth-order valence-corrected chi connectivity index (χ4v) is 16.6. The lowest BCUT2D eigenvalue weighted by atomic mass is 9.58. The highest BCUT2D eigenvalue weighted by molar-refractivity contribution is 7.24. The zero-order chi connectivity index (χ0) is 36.7. The average molecular weight is 775 g/mol. The molecule has 0 bridgehead atoms. The van der Waals surface area contributed by atoms with Gasteiger partial charge in [0.15, 0.2) is 0 Å². The van der Waals surface area contributed by atoms with Gasteiger partial charge in [0.2, 0.25) is 0 Å². The van der Waals surface area contributed by atoms with Crippen LogP contribution in [0, 0.1) is 45.3 Å². The predicted molar refractivity (Wildman–Crippen MR) is 224 cm³/mol. The molecule has 0 unspecified atom stereocenters. The Morgan fingerprint density at radius 1 is 0.463 bits per heavy atom. The molecular formula is C46H38N4S4. The first-order chi connectivity index (χ1) is 26.5. The Morgan fingerprint density at radius 3 is 1.20 bits per heavy atom. The maximum absolute atomic E-state index is 9.45. The molecule has 4 nitrogen and oxygen atoms in total. The minimum atomic E-state index is 0.0110. The van der Waals surface area contributed by atoms with Crippen LogP contribution in [0.25, 0.3) is 45.2 Å². The van der Waals surface area contributed by atoms with Crippen molar-refractivity contribution in [2.45, 2.75) is 113 Å². The second kappa shape index (κ2) is 12.9. The summed E-state index contributed by atoms with van der Waals surface area (Å²) in [7, 11) is 0. The fourth-order valence-electron chi connectivity index (χ4n) is 11.4. The number of nitrogens with zero attached hydrogens (tertiary/aromatic N) is 4. The van der Waals surface area contributed by atoms with Crippen LogP contribution in [-0.2, 0) is 16.2 Å². The number of fused-ring (bicyclic) bond motifs is 11. The Morgan fingerprint density at radius 2 is 0.833 bits per heavy atom. The van der Waals surface area contributed by atoms with Crippen molar-refractivity contribution in [3.05, 3.63) is 86.9 Å². The third kappa shape index (κ3) is 4.77. The molecule has 10 rings (SSSR count). The van der Waals surface area contributed by atoms with Crippen LogP contribution in [0.3, 0.4) is 0 Å². The van der Waals surface area contributed by atoms with Crippen molar-refractivity contribution in [3.8, 4) is 34.0 Å². The number of hydrogen-bond donors (Lipinski definition) is 0. The lowest BCUT2D eigenvalue weighted by molar-refractivity contribution is 0.323. The molecule has 0 saturated heterocycles. The van der Waals surface area contributed by atoms with E-state index < -0.39 is 0 Å². The molecule has 0 aliphatic heterocycles. The van der Waals surface area contributed by atoms with Crippen LogP contribution < -0.4 is 0 Å². The third-order valence-electron chi connectivity index (χ3n) is 13.5. The number of thiophene rings is 4. The standard InChI is InChI=1S/C46H38N4S4/c47-24-28(25-48)20-30-10-12-34(51-30)32-22-36-38(44(32)14-4-1-5-15-44)40-42(53-36)43-41(46(40)18-8-3-9-19-46)39-37(54-43)23-33(45(39)16-6-2-7-17-45)35-13-11-31(52-35)21-29(26-49)27-50/h10-13,20-23H,1-9,14-19H2. The predicted octanol–water partition coefficient (Wildman–Crippen LogP) is 13.5. The maximum Gasteiger partial charge on any atom is 0.131 e. The Hall–Kier alpha value is -4.28. The number of rotatable bonds is 4. The van der Waals surface area contributed by atoms with Gasteiger partial charge in [0.05, 0.1) is 0 Å². The monoisotopic (exact) mass is 774 g/mol. The number of nitriles is 4. The highest BCUT2D eigenvalue weighted by Gasteiger charge is 2.59. The molecule has 6 aliphatic carbocycles. The van der Waals surface area contributed by atoms with Gasteiger partial charge in [-0.2, -0.15) is 21.0 Å². The van der Waals surface area contributed by atoms with E-state index >= 15 is 0 Å².